The number of nitrogens with one attached hydrogen (secondary N) is 1. The highest BCUT2D eigenvalue weighted by Crippen LogP contribution is 2.28. The van der Waals surface area contributed by atoms with E-state index in [4.69, 9.17) is 9.47 Å². The number of morpholine rings is 1. The Hall–Kier alpha value is -3.59. The number of amides is 1. The zero-order chi connectivity index (χ0) is 21.6. The van der Waals surface area contributed by atoms with E-state index >= 15 is 0 Å². The molecule has 1 aliphatic rings. The van der Waals surface area contributed by atoms with Crippen LogP contribution in [0.25, 0.3) is 0 Å². The van der Waals surface area contributed by atoms with Gasteiger partial charge in [-0.05, 0) is 42.0 Å². The molecule has 1 amide bonds. The molecule has 31 heavy (non-hydrogen) atoms. The van der Waals surface area contributed by atoms with Crippen molar-refractivity contribution in [3.05, 3.63) is 77.6 Å². The van der Waals surface area contributed by atoms with Gasteiger partial charge in [-0.25, -0.2) is 18.7 Å². The molecule has 0 aliphatic carbocycles. The first kappa shape index (κ1) is 20.7. The number of benzene rings is 2. The summed E-state index contributed by atoms with van der Waals surface area (Å²) in [4.78, 5) is 23.0. The van der Waals surface area contributed by atoms with Crippen molar-refractivity contribution >= 4 is 11.7 Å². The second-order valence-electron chi connectivity index (χ2n) is 6.87. The number of carbonyl (C=O) groups excluding carboxylic acids is 1. The molecule has 0 bridgehead atoms. The maximum Gasteiger partial charge on any atom is 0.263 e. The Morgan fingerprint density at radius 2 is 1.71 bits per heavy atom. The van der Waals surface area contributed by atoms with Crippen LogP contribution in [0.2, 0.25) is 0 Å². The molecular weight excluding hydrogens is 406 g/mol. The van der Waals surface area contributed by atoms with Gasteiger partial charge in [0.15, 0.2) is 5.82 Å². The Kier molecular flexibility index (Phi) is 6.32. The van der Waals surface area contributed by atoms with E-state index in [1.54, 1.807) is 36.7 Å². The predicted octanol–water partition coefficient (Wildman–Crippen LogP) is 3.31. The minimum atomic E-state index is -0.689. The Labute approximate surface area is 177 Å². The van der Waals surface area contributed by atoms with E-state index in [-0.39, 0.29) is 12.5 Å². The topological polar surface area (TPSA) is 76.6 Å². The molecular formula is C22H20F2N4O3. The first-order valence-electron chi connectivity index (χ1n) is 9.73. The van der Waals surface area contributed by atoms with Gasteiger partial charge in [-0.3, -0.25) is 4.79 Å². The molecule has 1 saturated heterocycles. The Morgan fingerprint density at radius 3 is 2.42 bits per heavy atom. The standard InChI is InChI=1S/C22H20F2N4O3/c23-17-11-15(12-18(24)13-17)14-27-21(29)16-1-3-19(4-2-16)31-22-20(25-5-6-26-22)28-7-9-30-10-8-28/h1-6,11-13H,7-10,14H2,(H,27,29). The maximum atomic E-state index is 13.3. The summed E-state index contributed by atoms with van der Waals surface area (Å²) >= 11 is 0. The Morgan fingerprint density at radius 1 is 1.03 bits per heavy atom. The van der Waals surface area contributed by atoms with Gasteiger partial charge in [-0.15, -0.1) is 0 Å². The lowest BCUT2D eigenvalue weighted by molar-refractivity contribution is 0.0950. The van der Waals surface area contributed by atoms with E-state index in [2.05, 4.69) is 15.3 Å². The van der Waals surface area contributed by atoms with Crippen molar-refractivity contribution in [2.45, 2.75) is 6.54 Å². The summed E-state index contributed by atoms with van der Waals surface area (Å²) in [5, 5.41) is 2.64. The summed E-state index contributed by atoms with van der Waals surface area (Å²) in [6.07, 6.45) is 3.16. The fourth-order valence-electron chi connectivity index (χ4n) is 3.17. The van der Waals surface area contributed by atoms with Crippen molar-refractivity contribution in [2.75, 3.05) is 31.2 Å². The van der Waals surface area contributed by atoms with Crippen LogP contribution in [0.1, 0.15) is 15.9 Å². The van der Waals surface area contributed by atoms with E-state index in [0.29, 0.717) is 54.9 Å². The third kappa shape index (κ3) is 5.32. The summed E-state index contributed by atoms with van der Waals surface area (Å²) in [5.41, 5.74) is 0.723. The van der Waals surface area contributed by atoms with Gasteiger partial charge in [0.2, 0.25) is 0 Å². The molecule has 1 aromatic heterocycles. The fourth-order valence-corrected chi connectivity index (χ4v) is 3.17. The van der Waals surface area contributed by atoms with Crippen LogP contribution in [0, 0.1) is 11.6 Å². The van der Waals surface area contributed by atoms with Gasteiger partial charge < -0.3 is 19.7 Å². The molecule has 4 rings (SSSR count). The average Bonchev–Trinajstić information content (AvgIpc) is 2.78. The molecule has 1 fully saturated rings. The third-order valence-corrected chi connectivity index (χ3v) is 4.66. The molecule has 3 aromatic rings. The van der Waals surface area contributed by atoms with Crippen LogP contribution in [0.3, 0.4) is 0 Å². The number of hydrogen-bond acceptors (Lipinski definition) is 6. The monoisotopic (exact) mass is 426 g/mol. The first-order chi connectivity index (χ1) is 15.1. The van der Waals surface area contributed by atoms with Crippen molar-refractivity contribution in [3.8, 4) is 11.6 Å². The van der Waals surface area contributed by atoms with Crippen LogP contribution in [0.5, 0.6) is 11.6 Å². The van der Waals surface area contributed by atoms with Crippen LogP contribution >= 0.6 is 0 Å². The van der Waals surface area contributed by atoms with E-state index in [9.17, 15) is 13.6 Å². The molecule has 7 nitrogen and oxygen atoms in total. The highest BCUT2D eigenvalue weighted by molar-refractivity contribution is 5.94. The number of hydrogen-bond donors (Lipinski definition) is 1. The highest BCUT2D eigenvalue weighted by atomic mass is 19.1. The summed E-state index contributed by atoms with van der Waals surface area (Å²) in [6, 6.07) is 9.62. The largest absolute Gasteiger partial charge is 0.436 e. The lowest BCUT2D eigenvalue weighted by atomic mass is 10.2. The Bertz CT molecular complexity index is 1040. The average molecular weight is 426 g/mol. The van der Waals surface area contributed by atoms with Crippen LogP contribution in [-0.2, 0) is 11.3 Å². The number of aromatic nitrogens is 2. The number of rotatable bonds is 6. The number of anilines is 1. The molecule has 0 radical (unpaired) electrons. The van der Waals surface area contributed by atoms with Crippen molar-refractivity contribution < 1.29 is 23.0 Å². The molecule has 0 saturated carbocycles. The highest BCUT2D eigenvalue weighted by Gasteiger charge is 2.18. The van der Waals surface area contributed by atoms with Crippen molar-refractivity contribution in [1.82, 2.24) is 15.3 Å². The maximum absolute atomic E-state index is 13.3. The minimum absolute atomic E-state index is 0.00821. The lowest BCUT2D eigenvalue weighted by Crippen LogP contribution is -2.37. The summed E-state index contributed by atoms with van der Waals surface area (Å²) in [7, 11) is 0. The van der Waals surface area contributed by atoms with E-state index in [1.807, 2.05) is 4.90 Å². The number of halogens is 2. The summed E-state index contributed by atoms with van der Waals surface area (Å²) in [6.45, 7) is 2.63. The summed E-state index contributed by atoms with van der Waals surface area (Å²) < 4.78 is 37.8. The Balaban J connectivity index is 1.40. The minimum Gasteiger partial charge on any atom is -0.436 e. The van der Waals surface area contributed by atoms with Crippen molar-refractivity contribution in [1.29, 1.82) is 0 Å². The van der Waals surface area contributed by atoms with Gasteiger partial charge in [0.1, 0.15) is 17.4 Å². The lowest BCUT2D eigenvalue weighted by Gasteiger charge is -2.28. The molecule has 0 atom stereocenters. The van der Waals surface area contributed by atoms with Crippen molar-refractivity contribution in [2.24, 2.45) is 0 Å². The molecule has 2 heterocycles. The van der Waals surface area contributed by atoms with Gasteiger partial charge in [-0.1, -0.05) is 0 Å². The van der Waals surface area contributed by atoms with E-state index in [1.165, 1.54) is 12.1 Å². The van der Waals surface area contributed by atoms with Gasteiger partial charge in [0, 0.05) is 43.7 Å². The fraction of sp³-hybridized carbons (Fsp3) is 0.227. The van der Waals surface area contributed by atoms with Crippen molar-refractivity contribution in [3.63, 3.8) is 0 Å². The van der Waals surface area contributed by atoms with Gasteiger partial charge >= 0.3 is 0 Å². The molecule has 9 heteroatoms. The third-order valence-electron chi connectivity index (χ3n) is 4.66. The molecule has 160 valence electrons. The zero-order valence-corrected chi connectivity index (χ0v) is 16.6. The molecule has 1 N–H and O–H groups in total. The van der Waals surface area contributed by atoms with E-state index < -0.39 is 11.6 Å². The number of ether oxygens (including phenoxy) is 2. The van der Waals surface area contributed by atoms with Gasteiger partial charge in [0.05, 0.1) is 13.2 Å². The van der Waals surface area contributed by atoms with Crippen LogP contribution in [0.4, 0.5) is 14.6 Å². The van der Waals surface area contributed by atoms with Crippen LogP contribution < -0.4 is 15.0 Å². The predicted molar refractivity (Wildman–Crippen MR) is 109 cm³/mol. The second kappa shape index (κ2) is 9.48. The normalized spacial score (nSPS) is 13.7. The second-order valence-corrected chi connectivity index (χ2v) is 6.87. The van der Waals surface area contributed by atoms with Crippen LogP contribution in [-0.4, -0.2) is 42.2 Å². The zero-order valence-electron chi connectivity index (χ0n) is 16.6. The quantitative estimate of drug-likeness (QED) is 0.652. The van der Waals surface area contributed by atoms with Crippen LogP contribution in [0.15, 0.2) is 54.9 Å². The van der Waals surface area contributed by atoms with Gasteiger partial charge in [0.25, 0.3) is 11.8 Å². The van der Waals surface area contributed by atoms with Gasteiger partial charge in [-0.2, -0.15) is 0 Å². The SMILES string of the molecule is O=C(NCc1cc(F)cc(F)c1)c1ccc(Oc2nccnc2N2CCOCC2)cc1. The first-order valence-corrected chi connectivity index (χ1v) is 9.73. The molecule has 1 aliphatic heterocycles. The number of nitrogens with zero attached hydrogens (tertiary/aromatic N) is 3. The van der Waals surface area contributed by atoms with E-state index in [0.717, 1.165) is 6.07 Å². The molecule has 0 spiro atoms. The molecule has 0 unspecified atom stereocenters. The number of carbonyl (C=O) groups is 1. The summed E-state index contributed by atoms with van der Waals surface area (Å²) in [5.74, 6) is -0.245. The molecule has 2 aromatic carbocycles. The smallest absolute Gasteiger partial charge is 0.263 e.